The lowest BCUT2D eigenvalue weighted by Crippen LogP contribution is -2.10. The van der Waals surface area contributed by atoms with E-state index in [1.165, 1.54) is 11.7 Å². The molecule has 7 nitrogen and oxygen atoms in total. The summed E-state index contributed by atoms with van der Waals surface area (Å²) in [5, 5.41) is 18.3. The van der Waals surface area contributed by atoms with E-state index >= 15 is 0 Å². The van der Waals surface area contributed by atoms with E-state index in [2.05, 4.69) is 0 Å². The van der Waals surface area contributed by atoms with E-state index in [0.29, 0.717) is 29.7 Å². The first kappa shape index (κ1) is 15.7. The van der Waals surface area contributed by atoms with Gasteiger partial charge in [-0.1, -0.05) is 0 Å². The molecule has 0 saturated carbocycles. The SMILES string of the molecule is COc1cc2c(cc1OC)-c1c(ccn1/C(=C\C(=O)O)C(=O)O)C2. The summed E-state index contributed by atoms with van der Waals surface area (Å²) in [7, 11) is 3.07. The van der Waals surface area contributed by atoms with E-state index in [1.807, 2.05) is 6.07 Å². The third-order valence-corrected chi connectivity index (χ3v) is 3.95. The van der Waals surface area contributed by atoms with Crippen LogP contribution in [0.3, 0.4) is 0 Å². The van der Waals surface area contributed by atoms with E-state index in [9.17, 15) is 14.7 Å². The Bertz CT molecular complexity index is 877. The fraction of sp³-hybridized carbons (Fsp3) is 0.176. The Morgan fingerprint density at radius 2 is 1.79 bits per heavy atom. The molecule has 24 heavy (non-hydrogen) atoms. The maximum Gasteiger partial charge on any atom is 0.353 e. The highest BCUT2D eigenvalue weighted by atomic mass is 16.5. The fourth-order valence-corrected chi connectivity index (χ4v) is 2.96. The molecule has 0 saturated heterocycles. The van der Waals surface area contributed by atoms with E-state index in [4.69, 9.17) is 14.6 Å². The van der Waals surface area contributed by atoms with Crippen molar-refractivity contribution in [1.82, 2.24) is 4.57 Å². The van der Waals surface area contributed by atoms with Gasteiger partial charge in [0.05, 0.1) is 26.0 Å². The van der Waals surface area contributed by atoms with Crippen LogP contribution in [0, 0.1) is 0 Å². The molecule has 0 aliphatic heterocycles. The van der Waals surface area contributed by atoms with Crippen molar-refractivity contribution in [2.24, 2.45) is 0 Å². The number of hydrogen-bond acceptors (Lipinski definition) is 4. The van der Waals surface area contributed by atoms with Crippen LogP contribution in [0.2, 0.25) is 0 Å². The molecule has 1 aromatic heterocycles. The number of rotatable bonds is 5. The van der Waals surface area contributed by atoms with Gasteiger partial charge >= 0.3 is 11.9 Å². The average molecular weight is 329 g/mol. The number of benzene rings is 1. The van der Waals surface area contributed by atoms with Crippen molar-refractivity contribution >= 4 is 17.6 Å². The number of aromatic nitrogens is 1. The number of aliphatic carboxylic acids is 2. The average Bonchev–Trinajstić information content (AvgIpc) is 3.09. The van der Waals surface area contributed by atoms with Gasteiger partial charge in [0.25, 0.3) is 0 Å². The Morgan fingerprint density at radius 3 is 2.38 bits per heavy atom. The van der Waals surface area contributed by atoms with Gasteiger partial charge in [0, 0.05) is 18.2 Å². The smallest absolute Gasteiger partial charge is 0.353 e. The lowest BCUT2D eigenvalue weighted by molar-refractivity contribution is -0.133. The van der Waals surface area contributed by atoms with Gasteiger partial charge in [-0.3, -0.25) is 0 Å². The van der Waals surface area contributed by atoms with Crippen LogP contribution < -0.4 is 9.47 Å². The van der Waals surface area contributed by atoms with Gasteiger partial charge in [-0.05, 0) is 29.3 Å². The second kappa shape index (κ2) is 5.77. The molecule has 0 unspecified atom stereocenters. The fourth-order valence-electron chi connectivity index (χ4n) is 2.96. The highest BCUT2D eigenvalue weighted by Crippen LogP contribution is 2.44. The predicted molar refractivity (Wildman–Crippen MR) is 85.3 cm³/mol. The van der Waals surface area contributed by atoms with Gasteiger partial charge in [0.15, 0.2) is 11.5 Å². The van der Waals surface area contributed by atoms with Crippen molar-refractivity contribution in [2.45, 2.75) is 6.42 Å². The van der Waals surface area contributed by atoms with Crippen molar-refractivity contribution in [3.05, 3.63) is 41.6 Å². The molecule has 1 heterocycles. The maximum atomic E-state index is 11.5. The standard InChI is InChI=1S/C17H15NO6/c1-23-13-6-10-5-9-3-4-18(12(17(21)22)8-15(19)20)16(9)11(10)7-14(13)24-2/h3-4,6-8H,5H2,1-2H3,(H,19,20)(H,21,22)/b12-8-. The predicted octanol–water partition coefficient (Wildman–Crippen LogP) is 2.09. The minimum absolute atomic E-state index is 0.327. The highest BCUT2D eigenvalue weighted by molar-refractivity contribution is 6.14. The molecule has 1 aromatic carbocycles. The molecule has 2 aromatic rings. The van der Waals surface area contributed by atoms with Crippen molar-refractivity contribution in [1.29, 1.82) is 0 Å². The molecule has 0 bridgehead atoms. The van der Waals surface area contributed by atoms with Gasteiger partial charge in [-0.2, -0.15) is 0 Å². The molecular weight excluding hydrogens is 314 g/mol. The van der Waals surface area contributed by atoms with E-state index in [1.54, 1.807) is 25.4 Å². The van der Waals surface area contributed by atoms with Crippen LogP contribution in [-0.4, -0.2) is 40.9 Å². The Labute approximate surface area is 137 Å². The molecule has 0 amide bonds. The summed E-state index contributed by atoms with van der Waals surface area (Å²) in [6.45, 7) is 0. The van der Waals surface area contributed by atoms with E-state index in [-0.39, 0.29) is 5.70 Å². The van der Waals surface area contributed by atoms with Crippen LogP contribution in [-0.2, 0) is 16.0 Å². The summed E-state index contributed by atoms with van der Waals surface area (Å²) in [4.78, 5) is 22.4. The van der Waals surface area contributed by atoms with E-state index in [0.717, 1.165) is 16.7 Å². The zero-order chi connectivity index (χ0) is 17.4. The van der Waals surface area contributed by atoms with Crippen molar-refractivity contribution < 1.29 is 29.3 Å². The zero-order valence-corrected chi connectivity index (χ0v) is 13.1. The Kier molecular flexibility index (Phi) is 3.76. The summed E-state index contributed by atoms with van der Waals surface area (Å²) in [6.07, 6.45) is 2.85. The van der Waals surface area contributed by atoms with Gasteiger partial charge in [0.2, 0.25) is 0 Å². The summed E-state index contributed by atoms with van der Waals surface area (Å²) in [5.41, 5.74) is 3.00. The first-order valence-corrected chi connectivity index (χ1v) is 7.10. The molecule has 0 atom stereocenters. The zero-order valence-electron chi connectivity index (χ0n) is 13.1. The quantitative estimate of drug-likeness (QED) is 0.696. The number of nitrogens with zero attached hydrogens (tertiary/aromatic N) is 1. The number of carbonyl (C=O) groups is 2. The monoisotopic (exact) mass is 329 g/mol. The van der Waals surface area contributed by atoms with Crippen LogP contribution >= 0.6 is 0 Å². The molecule has 2 N–H and O–H groups in total. The van der Waals surface area contributed by atoms with Crippen molar-refractivity contribution in [3.63, 3.8) is 0 Å². The van der Waals surface area contributed by atoms with Crippen LogP contribution in [0.4, 0.5) is 0 Å². The third-order valence-electron chi connectivity index (χ3n) is 3.95. The molecule has 7 heteroatoms. The largest absolute Gasteiger partial charge is 0.493 e. The summed E-state index contributed by atoms with van der Waals surface area (Å²) >= 11 is 0. The Hall–Kier alpha value is -3.22. The number of carboxylic acid groups (broad SMARTS) is 2. The number of methoxy groups -OCH3 is 2. The van der Waals surface area contributed by atoms with Gasteiger partial charge in [-0.15, -0.1) is 0 Å². The van der Waals surface area contributed by atoms with Crippen molar-refractivity contribution in [2.75, 3.05) is 14.2 Å². The summed E-state index contributed by atoms with van der Waals surface area (Å²) in [5.74, 6) is -1.52. The summed E-state index contributed by atoms with van der Waals surface area (Å²) < 4.78 is 12.0. The van der Waals surface area contributed by atoms with Crippen LogP contribution in [0.5, 0.6) is 11.5 Å². The molecule has 0 radical (unpaired) electrons. The molecule has 1 aliphatic rings. The number of fused-ring (bicyclic) bond motifs is 3. The topological polar surface area (TPSA) is 98.0 Å². The second-order valence-electron chi connectivity index (χ2n) is 5.27. The van der Waals surface area contributed by atoms with Gasteiger partial charge in [-0.25, -0.2) is 9.59 Å². The maximum absolute atomic E-state index is 11.5. The molecular formula is C17H15NO6. The number of ether oxygens (including phenoxy) is 2. The number of hydrogen-bond donors (Lipinski definition) is 2. The van der Waals surface area contributed by atoms with Gasteiger partial charge in [0.1, 0.15) is 5.70 Å². The molecule has 124 valence electrons. The third kappa shape index (κ3) is 2.40. The van der Waals surface area contributed by atoms with Crippen LogP contribution in [0.1, 0.15) is 11.1 Å². The first-order valence-electron chi connectivity index (χ1n) is 7.10. The molecule has 0 fully saturated rings. The first-order chi connectivity index (χ1) is 11.5. The minimum atomic E-state index is -1.32. The molecule has 3 rings (SSSR count). The minimum Gasteiger partial charge on any atom is -0.493 e. The van der Waals surface area contributed by atoms with Gasteiger partial charge < -0.3 is 24.3 Å². The molecule has 0 spiro atoms. The number of carboxylic acids is 2. The normalized spacial score (nSPS) is 12.5. The Balaban J connectivity index is 2.20. The highest BCUT2D eigenvalue weighted by Gasteiger charge is 2.27. The lowest BCUT2D eigenvalue weighted by Gasteiger charge is -2.13. The van der Waals surface area contributed by atoms with Crippen LogP contribution in [0.15, 0.2) is 30.5 Å². The van der Waals surface area contributed by atoms with Crippen molar-refractivity contribution in [3.8, 4) is 22.8 Å². The summed E-state index contributed by atoms with van der Waals surface area (Å²) in [6, 6.07) is 5.41. The lowest BCUT2D eigenvalue weighted by atomic mass is 10.1. The molecule has 1 aliphatic carbocycles. The van der Waals surface area contributed by atoms with E-state index < -0.39 is 11.9 Å². The van der Waals surface area contributed by atoms with Crippen LogP contribution in [0.25, 0.3) is 17.0 Å². The Morgan fingerprint density at radius 1 is 1.12 bits per heavy atom. The second-order valence-corrected chi connectivity index (χ2v) is 5.27.